The van der Waals surface area contributed by atoms with E-state index in [-0.39, 0.29) is 10.9 Å². The number of halogens is 1. The fourth-order valence-corrected chi connectivity index (χ4v) is 4.46. The fourth-order valence-electron chi connectivity index (χ4n) is 1.99. The summed E-state index contributed by atoms with van der Waals surface area (Å²) in [6.45, 7) is 2.28. The molecule has 1 rings (SSSR count). The first-order valence-corrected chi connectivity index (χ1v) is 9.63. The van der Waals surface area contributed by atoms with E-state index in [2.05, 4.69) is 10.0 Å². The number of thioether (sulfide) groups is 1. The minimum Gasteiger partial charge on any atom is -0.495 e. The Balaban J connectivity index is 3.27. The lowest BCUT2D eigenvalue weighted by atomic mass is 10.2. The van der Waals surface area contributed by atoms with Gasteiger partial charge >= 0.3 is 0 Å². The van der Waals surface area contributed by atoms with Crippen LogP contribution in [-0.2, 0) is 16.6 Å². The monoisotopic (exact) mass is 352 g/mol. The summed E-state index contributed by atoms with van der Waals surface area (Å²) in [4.78, 5) is 0.0655. The van der Waals surface area contributed by atoms with Crippen LogP contribution in [0.5, 0.6) is 5.75 Å². The van der Waals surface area contributed by atoms with Crippen LogP contribution in [0.15, 0.2) is 17.0 Å². The molecule has 2 N–H and O–H groups in total. The normalized spacial score (nSPS) is 13.2. The second-order valence-electron chi connectivity index (χ2n) is 4.60. The van der Waals surface area contributed by atoms with Crippen LogP contribution in [0.3, 0.4) is 0 Å². The lowest BCUT2D eigenvalue weighted by molar-refractivity contribution is 0.396. The first-order valence-electron chi connectivity index (χ1n) is 6.38. The van der Waals surface area contributed by atoms with Crippen molar-refractivity contribution in [2.24, 2.45) is 0 Å². The predicted octanol–water partition coefficient (Wildman–Crippen LogP) is 2.10. The molecule has 1 aromatic carbocycles. The van der Waals surface area contributed by atoms with E-state index in [4.69, 9.17) is 16.3 Å². The topological polar surface area (TPSA) is 67.4 Å². The van der Waals surface area contributed by atoms with Crippen LogP contribution in [0, 0.1) is 0 Å². The zero-order valence-corrected chi connectivity index (χ0v) is 15.0. The van der Waals surface area contributed by atoms with Gasteiger partial charge < -0.3 is 10.1 Å². The predicted molar refractivity (Wildman–Crippen MR) is 88.9 cm³/mol. The lowest BCUT2D eigenvalue weighted by Crippen LogP contribution is -2.34. The molecule has 0 aromatic heterocycles. The highest BCUT2D eigenvalue weighted by Gasteiger charge is 2.24. The maximum Gasteiger partial charge on any atom is 0.244 e. The van der Waals surface area contributed by atoms with E-state index in [1.807, 2.05) is 13.2 Å². The second kappa shape index (κ2) is 8.24. The number of rotatable bonds is 8. The largest absolute Gasteiger partial charge is 0.495 e. The van der Waals surface area contributed by atoms with Gasteiger partial charge in [-0.25, -0.2) is 13.1 Å². The Bertz CT molecular complexity index is 579. The summed E-state index contributed by atoms with van der Waals surface area (Å²) in [6.07, 6.45) is 1.93. The number of methoxy groups -OCH3 is 1. The molecule has 0 radical (unpaired) electrons. The summed E-state index contributed by atoms with van der Waals surface area (Å²) in [5, 5.41) is 3.33. The van der Waals surface area contributed by atoms with Crippen LogP contribution in [0.4, 0.5) is 0 Å². The molecule has 120 valence electrons. The minimum atomic E-state index is -3.69. The molecule has 0 heterocycles. The van der Waals surface area contributed by atoms with E-state index in [1.54, 1.807) is 24.9 Å². The fraction of sp³-hybridized carbons (Fsp3) is 0.538. The quantitative estimate of drug-likeness (QED) is 0.750. The maximum absolute atomic E-state index is 12.5. The molecule has 21 heavy (non-hydrogen) atoms. The zero-order valence-electron chi connectivity index (χ0n) is 12.6. The zero-order chi connectivity index (χ0) is 16.0. The summed E-state index contributed by atoms with van der Waals surface area (Å²) in [6, 6.07) is 2.93. The van der Waals surface area contributed by atoms with Gasteiger partial charge in [0.25, 0.3) is 0 Å². The van der Waals surface area contributed by atoms with Gasteiger partial charge in [-0.3, -0.25) is 0 Å². The average molecular weight is 353 g/mol. The molecule has 0 aliphatic heterocycles. The highest BCUT2D eigenvalue weighted by Crippen LogP contribution is 2.31. The van der Waals surface area contributed by atoms with Crippen molar-refractivity contribution in [3.05, 3.63) is 22.7 Å². The number of nitrogens with one attached hydrogen (secondary N) is 2. The molecule has 0 aliphatic carbocycles. The molecule has 1 atom stereocenters. The smallest absolute Gasteiger partial charge is 0.244 e. The van der Waals surface area contributed by atoms with Crippen LogP contribution < -0.4 is 14.8 Å². The van der Waals surface area contributed by atoms with E-state index in [0.29, 0.717) is 28.6 Å². The Hall–Kier alpha value is -0.470. The highest BCUT2D eigenvalue weighted by molar-refractivity contribution is 7.98. The third-order valence-corrected chi connectivity index (χ3v) is 5.38. The minimum absolute atomic E-state index is 0.0655. The number of benzene rings is 1. The molecule has 0 amide bonds. The molecule has 0 saturated carbocycles. The van der Waals surface area contributed by atoms with Crippen molar-refractivity contribution in [3.63, 3.8) is 0 Å². The summed E-state index contributed by atoms with van der Waals surface area (Å²) in [5.74, 6) is 1.00. The van der Waals surface area contributed by atoms with Crippen molar-refractivity contribution < 1.29 is 13.2 Å². The van der Waals surface area contributed by atoms with Gasteiger partial charge in [0.2, 0.25) is 10.0 Å². The standard InChI is InChI=1S/C13H21ClN2O3S2/c1-9(8-20-4)16-21(17,18)12-6-11(14)5-10(7-15-2)13(12)19-3/h5-6,9,15-16H,7-8H2,1-4H3. The van der Waals surface area contributed by atoms with E-state index in [0.717, 1.165) is 0 Å². The number of hydrogen-bond donors (Lipinski definition) is 2. The lowest BCUT2D eigenvalue weighted by Gasteiger charge is -2.17. The van der Waals surface area contributed by atoms with Crippen molar-refractivity contribution in [2.75, 3.05) is 26.2 Å². The molecular weight excluding hydrogens is 332 g/mol. The third-order valence-electron chi connectivity index (χ3n) is 2.73. The summed E-state index contributed by atoms with van der Waals surface area (Å²) >= 11 is 7.61. The van der Waals surface area contributed by atoms with E-state index in [1.165, 1.54) is 13.2 Å². The second-order valence-corrected chi connectivity index (χ2v) is 7.63. The van der Waals surface area contributed by atoms with Crippen LogP contribution in [0.1, 0.15) is 12.5 Å². The number of hydrogen-bond acceptors (Lipinski definition) is 5. The average Bonchev–Trinajstić information content (AvgIpc) is 2.38. The number of ether oxygens (including phenoxy) is 1. The molecular formula is C13H21ClN2O3S2. The molecule has 1 unspecified atom stereocenters. The van der Waals surface area contributed by atoms with Crippen molar-refractivity contribution in [1.29, 1.82) is 0 Å². The van der Waals surface area contributed by atoms with Gasteiger partial charge in [0.05, 0.1) is 7.11 Å². The Kier molecular flexibility index (Phi) is 7.29. The van der Waals surface area contributed by atoms with Gasteiger partial charge in [-0.05, 0) is 32.4 Å². The Morgan fingerprint density at radius 2 is 2.10 bits per heavy atom. The Labute approximate surface area is 135 Å². The van der Waals surface area contributed by atoms with Gasteiger partial charge in [0.15, 0.2) is 0 Å². The first-order chi connectivity index (χ1) is 9.85. The van der Waals surface area contributed by atoms with Crippen LogP contribution in [-0.4, -0.2) is 40.6 Å². The summed E-state index contributed by atoms with van der Waals surface area (Å²) in [7, 11) is -0.466. The molecule has 0 saturated heterocycles. The van der Waals surface area contributed by atoms with Gasteiger partial charge in [-0.15, -0.1) is 0 Å². The third kappa shape index (κ3) is 5.03. The van der Waals surface area contributed by atoms with Gasteiger partial charge in [0, 0.05) is 28.9 Å². The maximum atomic E-state index is 12.5. The van der Waals surface area contributed by atoms with Crippen LogP contribution in [0.2, 0.25) is 5.02 Å². The van der Waals surface area contributed by atoms with Crippen molar-refractivity contribution in [1.82, 2.24) is 10.0 Å². The highest BCUT2D eigenvalue weighted by atomic mass is 35.5. The van der Waals surface area contributed by atoms with Gasteiger partial charge in [-0.2, -0.15) is 11.8 Å². The molecule has 0 fully saturated rings. The molecule has 0 bridgehead atoms. The van der Waals surface area contributed by atoms with E-state index >= 15 is 0 Å². The molecule has 0 aliphatic rings. The van der Waals surface area contributed by atoms with E-state index in [9.17, 15) is 8.42 Å². The summed E-state index contributed by atoms with van der Waals surface area (Å²) < 4.78 is 33.0. The van der Waals surface area contributed by atoms with Gasteiger partial charge in [-0.1, -0.05) is 11.6 Å². The molecule has 5 nitrogen and oxygen atoms in total. The number of sulfonamides is 1. The molecule has 0 spiro atoms. The van der Waals surface area contributed by atoms with Gasteiger partial charge in [0.1, 0.15) is 10.6 Å². The van der Waals surface area contributed by atoms with Crippen LogP contribution >= 0.6 is 23.4 Å². The first kappa shape index (κ1) is 18.6. The Morgan fingerprint density at radius 3 is 2.62 bits per heavy atom. The van der Waals surface area contributed by atoms with Crippen LogP contribution in [0.25, 0.3) is 0 Å². The molecule has 8 heteroatoms. The molecule has 1 aromatic rings. The summed E-state index contributed by atoms with van der Waals surface area (Å²) in [5.41, 5.74) is 0.699. The SMILES string of the molecule is CNCc1cc(Cl)cc(S(=O)(=O)NC(C)CSC)c1OC. The van der Waals surface area contributed by atoms with Crippen molar-refractivity contribution in [3.8, 4) is 5.75 Å². The van der Waals surface area contributed by atoms with E-state index < -0.39 is 10.0 Å². The van der Waals surface area contributed by atoms with Crippen molar-refractivity contribution in [2.45, 2.75) is 24.4 Å². The Morgan fingerprint density at radius 1 is 1.43 bits per heavy atom. The van der Waals surface area contributed by atoms with Crippen molar-refractivity contribution >= 4 is 33.4 Å².